The molecule has 2 saturated carbocycles. The van der Waals surface area contributed by atoms with Gasteiger partial charge in [-0.3, -0.25) is 4.79 Å². The molecule has 8 rings (SSSR count). The SMILES string of the molecule is COc1cc(C(=O)N2CC3CCC2[C@@H]3N)cc2nc(-c3cccn3CC3CC3)n(CC3CN(c4ccnc(C)n4)C3)c12. The number of nitrogens with zero attached hydrogens (tertiary/aromatic N) is 7. The van der Waals surface area contributed by atoms with Crippen molar-refractivity contribution in [3.8, 4) is 17.3 Å². The fourth-order valence-electron chi connectivity index (χ4n) is 7.44. The van der Waals surface area contributed by atoms with Crippen LogP contribution in [0.15, 0.2) is 42.7 Å². The van der Waals surface area contributed by atoms with Crippen molar-refractivity contribution in [1.82, 2.24) is 29.0 Å². The molecule has 2 aliphatic heterocycles. The number of nitrogens with two attached hydrogens (primary N) is 1. The van der Waals surface area contributed by atoms with Gasteiger partial charge in [-0.15, -0.1) is 0 Å². The molecule has 5 heterocycles. The van der Waals surface area contributed by atoms with Crippen LogP contribution in [0.5, 0.6) is 5.75 Å². The van der Waals surface area contributed by atoms with Gasteiger partial charge in [-0.1, -0.05) is 0 Å². The first-order chi connectivity index (χ1) is 20.5. The van der Waals surface area contributed by atoms with E-state index in [0.29, 0.717) is 23.1 Å². The van der Waals surface area contributed by atoms with E-state index in [9.17, 15) is 4.79 Å². The van der Waals surface area contributed by atoms with Gasteiger partial charge in [0.2, 0.25) is 0 Å². The van der Waals surface area contributed by atoms with Gasteiger partial charge >= 0.3 is 0 Å². The van der Waals surface area contributed by atoms with E-state index in [2.05, 4.69) is 42.3 Å². The molecule has 0 spiro atoms. The van der Waals surface area contributed by atoms with Gasteiger partial charge in [0, 0.05) is 68.7 Å². The van der Waals surface area contributed by atoms with Crippen LogP contribution in [0.1, 0.15) is 41.9 Å². The second kappa shape index (κ2) is 9.83. The largest absolute Gasteiger partial charge is 0.494 e. The lowest BCUT2D eigenvalue weighted by atomic mass is 9.99. The van der Waals surface area contributed by atoms with E-state index < -0.39 is 0 Å². The molecular formula is C32H38N8O2. The van der Waals surface area contributed by atoms with Gasteiger partial charge in [-0.05, 0) is 74.8 Å². The lowest BCUT2D eigenvalue weighted by Gasteiger charge is -2.40. The third-order valence-corrected chi connectivity index (χ3v) is 9.88. The highest BCUT2D eigenvalue weighted by Crippen LogP contribution is 2.40. The Labute approximate surface area is 245 Å². The van der Waals surface area contributed by atoms with Crippen LogP contribution < -0.4 is 15.4 Å². The first-order valence-electron chi connectivity index (χ1n) is 15.3. The summed E-state index contributed by atoms with van der Waals surface area (Å²) >= 11 is 0. The molecule has 2 unspecified atom stereocenters. The summed E-state index contributed by atoms with van der Waals surface area (Å²) in [4.78, 5) is 32.1. The van der Waals surface area contributed by atoms with Crippen LogP contribution in [0, 0.1) is 24.7 Å². The van der Waals surface area contributed by atoms with Gasteiger partial charge in [-0.2, -0.15) is 0 Å². The number of likely N-dealkylation sites (tertiary alicyclic amines) is 1. The van der Waals surface area contributed by atoms with Crippen LogP contribution in [-0.2, 0) is 13.1 Å². The molecule has 3 atom stereocenters. The first kappa shape index (κ1) is 25.8. The van der Waals surface area contributed by atoms with Gasteiger partial charge in [0.1, 0.15) is 22.9 Å². The predicted octanol–water partition coefficient (Wildman–Crippen LogP) is 3.72. The van der Waals surface area contributed by atoms with Crippen LogP contribution in [0.3, 0.4) is 0 Å². The molecule has 218 valence electrons. The molecule has 2 saturated heterocycles. The molecule has 2 bridgehead atoms. The molecule has 0 radical (unpaired) electrons. The van der Waals surface area contributed by atoms with Crippen molar-refractivity contribution in [3.63, 3.8) is 0 Å². The normalized spacial score (nSPS) is 23.6. The number of hydrogen-bond acceptors (Lipinski definition) is 7. The smallest absolute Gasteiger partial charge is 0.254 e. The average Bonchev–Trinajstić information content (AvgIpc) is 3.24. The second-order valence-electron chi connectivity index (χ2n) is 12.8. The van der Waals surface area contributed by atoms with Crippen LogP contribution in [0.2, 0.25) is 0 Å². The summed E-state index contributed by atoms with van der Waals surface area (Å²) in [5.41, 5.74) is 9.91. The number of anilines is 1. The number of fused-ring (bicyclic) bond motifs is 3. The predicted molar refractivity (Wildman–Crippen MR) is 160 cm³/mol. The van der Waals surface area contributed by atoms with Gasteiger partial charge in [0.05, 0.1) is 18.3 Å². The number of methoxy groups -OCH3 is 1. The minimum Gasteiger partial charge on any atom is -0.494 e. The highest BCUT2D eigenvalue weighted by molar-refractivity contribution is 6.00. The summed E-state index contributed by atoms with van der Waals surface area (Å²) in [6, 6.07) is 10.3. The van der Waals surface area contributed by atoms with Gasteiger partial charge in [-0.25, -0.2) is 15.0 Å². The van der Waals surface area contributed by atoms with E-state index in [0.717, 1.165) is 85.7 Å². The zero-order chi connectivity index (χ0) is 28.5. The van der Waals surface area contributed by atoms with Crippen molar-refractivity contribution in [2.24, 2.45) is 23.5 Å². The molecule has 10 heteroatoms. The van der Waals surface area contributed by atoms with Gasteiger partial charge in [0.25, 0.3) is 5.91 Å². The van der Waals surface area contributed by atoms with Crippen LogP contribution in [0.25, 0.3) is 22.6 Å². The van der Waals surface area contributed by atoms with E-state index in [1.165, 1.54) is 12.8 Å². The molecule has 4 aliphatic rings. The lowest BCUT2D eigenvalue weighted by Crippen LogP contribution is -2.49. The summed E-state index contributed by atoms with van der Waals surface area (Å²) in [7, 11) is 1.69. The molecule has 1 aromatic carbocycles. The number of aryl methyl sites for hydroxylation is 1. The van der Waals surface area contributed by atoms with Crippen molar-refractivity contribution >= 4 is 22.8 Å². The first-order valence-corrected chi connectivity index (χ1v) is 15.3. The maximum atomic E-state index is 13.8. The number of amides is 1. The minimum atomic E-state index is 0.0286. The number of carbonyl (C=O) groups excluding carboxylic acids is 1. The standard InChI is InChI=1S/C32H38N8O2/c1-19-34-10-9-28(35-19)38-15-21(16-38)17-40-30-24(36-31(40)26-4-3-11-37(26)14-20-5-6-20)12-23(13-27(30)42-2)32(41)39-18-22-7-8-25(39)29(22)33/h3-4,9-13,20-22,25,29H,5-8,14-18,33H2,1-2H3/t22?,25?,29-/m1/s1. The topological polar surface area (TPSA) is 107 Å². The number of benzene rings is 1. The van der Waals surface area contributed by atoms with Crippen molar-refractivity contribution in [1.29, 1.82) is 0 Å². The van der Waals surface area contributed by atoms with E-state index >= 15 is 0 Å². The van der Waals surface area contributed by atoms with Crippen LogP contribution in [-0.4, -0.2) is 73.7 Å². The Morgan fingerprint density at radius 3 is 2.62 bits per heavy atom. The Hall–Kier alpha value is -3.92. The quantitative estimate of drug-likeness (QED) is 0.346. The van der Waals surface area contributed by atoms with E-state index in [1.54, 1.807) is 7.11 Å². The fourth-order valence-corrected chi connectivity index (χ4v) is 7.44. The Morgan fingerprint density at radius 1 is 1.05 bits per heavy atom. The number of hydrogen-bond donors (Lipinski definition) is 1. The van der Waals surface area contributed by atoms with Crippen molar-refractivity contribution in [2.75, 3.05) is 31.6 Å². The number of imidazole rings is 1. The maximum absolute atomic E-state index is 13.8. The van der Waals surface area contributed by atoms with E-state index in [4.69, 9.17) is 15.5 Å². The van der Waals surface area contributed by atoms with Crippen molar-refractivity contribution < 1.29 is 9.53 Å². The molecule has 2 N–H and O–H groups in total. The van der Waals surface area contributed by atoms with E-state index in [1.807, 2.05) is 36.2 Å². The Morgan fingerprint density at radius 2 is 1.90 bits per heavy atom. The number of aromatic nitrogens is 5. The second-order valence-corrected chi connectivity index (χ2v) is 12.8. The third-order valence-electron chi connectivity index (χ3n) is 9.88. The third kappa shape index (κ3) is 4.26. The summed E-state index contributed by atoms with van der Waals surface area (Å²) in [6.07, 6.45) is 8.66. The number of rotatable bonds is 8. The lowest BCUT2D eigenvalue weighted by molar-refractivity contribution is 0.0700. The van der Waals surface area contributed by atoms with Gasteiger partial charge in [0.15, 0.2) is 5.82 Å². The highest BCUT2D eigenvalue weighted by atomic mass is 16.5. The number of carbonyl (C=O) groups is 1. The Kier molecular flexibility index (Phi) is 6.03. The summed E-state index contributed by atoms with van der Waals surface area (Å²) in [6.45, 7) is 6.30. The molecule has 2 aliphatic carbocycles. The van der Waals surface area contributed by atoms with Crippen LogP contribution in [0.4, 0.5) is 5.82 Å². The molecule has 1 amide bonds. The molecule has 4 fully saturated rings. The molecular weight excluding hydrogens is 528 g/mol. The van der Waals surface area contributed by atoms with Gasteiger partial charge < -0.3 is 29.4 Å². The fraction of sp³-hybridized carbons (Fsp3) is 0.500. The molecule has 3 aromatic heterocycles. The van der Waals surface area contributed by atoms with Crippen LogP contribution >= 0.6 is 0 Å². The number of ether oxygens (including phenoxy) is 1. The zero-order valence-corrected chi connectivity index (χ0v) is 24.3. The Bertz CT molecular complexity index is 1670. The van der Waals surface area contributed by atoms with E-state index in [-0.39, 0.29) is 18.0 Å². The average molecular weight is 567 g/mol. The summed E-state index contributed by atoms with van der Waals surface area (Å²) in [5.74, 6) is 4.98. The summed E-state index contributed by atoms with van der Waals surface area (Å²) < 4.78 is 10.6. The molecule has 4 aromatic rings. The minimum absolute atomic E-state index is 0.0286. The van der Waals surface area contributed by atoms with Crippen molar-refractivity contribution in [3.05, 3.63) is 54.1 Å². The monoisotopic (exact) mass is 566 g/mol. The summed E-state index contributed by atoms with van der Waals surface area (Å²) in [5, 5.41) is 0. The van der Waals surface area contributed by atoms with Crippen molar-refractivity contribution in [2.45, 2.75) is 57.8 Å². The maximum Gasteiger partial charge on any atom is 0.254 e. The highest BCUT2D eigenvalue weighted by Gasteiger charge is 2.47. The zero-order valence-electron chi connectivity index (χ0n) is 24.3. The number of piperidine rings is 1. The Balaban J connectivity index is 1.16. The molecule has 10 nitrogen and oxygen atoms in total. The molecule has 42 heavy (non-hydrogen) atoms.